The fourth-order valence-corrected chi connectivity index (χ4v) is 8.49. The van der Waals surface area contributed by atoms with Crippen LogP contribution >= 0.6 is 0 Å². The van der Waals surface area contributed by atoms with Gasteiger partial charge in [0.1, 0.15) is 0 Å². The molecule has 160 valence electrons. The lowest BCUT2D eigenvalue weighted by Crippen LogP contribution is -2.52. The third kappa shape index (κ3) is 3.52. The number of hydrogen-bond acceptors (Lipinski definition) is 1. The van der Waals surface area contributed by atoms with E-state index in [0.29, 0.717) is 10.8 Å². The van der Waals surface area contributed by atoms with Gasteiger partial charge in [-0.1, -0.05) is 51.7 Å². The average Bonchev–Trinajstić information content (AvgIpc) is 2.95. The second-order valence-corrected chi connectivity index (χ2v) is 12.4. The molecule has 1 N–H and O–H groups in total. The smallest absolute Gasteiger partial charge is 0.0591 e. The van der Waals surface area contributed by atoms with E-state index >= 15 is 0 Å². The SMILES string of the molecule is CC1CCCC2C1=CCC1C3CCC(CCCCC(C)(C)O)C3(C)CCC21C. The molecule has 4 aliphatic carbocycles. The van der Waals surface area contributed by atoms with Crippen molar-refractivity contribution in [2.75, 3.05) is 0 Å². The van der Waals surface area contributed by atoms with E-state index in [0.717, 1.165) is 36.0 Å². The monoisotopic (exact) mass is 386 g/mol. The Morgan fingerprint density at radius 2 is 1.75 bits per heavy atom. The van der Waals surface area contributed by atoms with Crippen LogP contribution in [0.3, 0.4) is 0 Å². The van der Waals surface area contributed by atoms with Gasteiger partial charge in [0.2, 0.25) is 0 Å². The summed E-state index contributed by atoms with van der Waals surface area (Å²) >= 11 is 0. The Balaban J connectivity index is 1.46. The van der Waals surface area contributed by atoms with Crippen molar-refractivity contribution in [2.45, 2.75) is 117 Å². The van der Waals surface area contributed by atoms with Crippen LogP contribution in [0.15, 0.2) is 11.6 Å². The molecular formula is C27H46O. The molecule has 0 amide bonds. The van der Waals surface area contributed by atoms with E-state index in [1.807, 2.05) is 19.4 Å². The van der Waals surface area contributed by atoms with Gasteiger partial charge in [-0.05, 0) is 112 Å². The fraction of sp³-hybridized carbons (Fsp3) is 0.926. The number of rotatable bonds is 5. The van der Waals surface area contributed by atoms with E-state index in [-0.39, 0.29) is 0 Å². The molecule has 0 radical (unpaired) electrons. The molecule has 4 rings (SSSR count). The highest BCUT2D eigenvalue weighted by Gasteiger charge is 2.59. The van der Waals surface area contributed by atoms with Crippen molar-refractivity contribution >= 4 is 0 Å². The average molecular weight is 387 g/mol. The second kappa shape index (κ2) is 7.44. The minimum absolute atomic E-state index is 0.488. The molecule has 0 aromatic heterocycles. The summed E-state index contributed by atoms with van der Waals surface area (Å²) in [5.41, 5.74) is 2.54. The van der Waals surface area contributed by atoms with E-state index in [1.54, 1.807) is 0 Å². The summed E-state index contributed by atoms with van der Waals surface area (Å²) in [6.07, 6.45) is 19.2. The summed E-state index contributed by atoms with van der Waals surface area (Å²) < 4.78 is 0. The van der Waals surface area contributed by atoms with E-state index < -0.39 is 5.60 Å². The van der Waals surface area contributed by atoms with Crippen molar-refractivity contribution in [2.24, 2.45) is 40.4 Å². The minimum atomic E-state index is -0.488. The normalized spacial score (nSPS) is 45.8. The van der Waals surface area contributed by atoms with Crippen LogP contribution in [0.5, 0.6) is 0 Å². The molecule has 3 saturated carbocycles. The van der Waals surface area contributed by atoms with Gasteiger partial charge in [0.15, 0.2) is 0 Å². The molecule has 0 aromatic carbocycles. The van der Waals surface area contributed by atoms with Crippen LogP contribution in [0.2, 0.25) is 0 Å². The first-order valence-corrected chi connectivity index (χ1v) is 12.6. The van der Waals surface area contributed by atoms with Crippen LogP contribution in [0.1, 0.15) is 112 Å². The molecule has 0 aliphatic heterocycles. The summed E-state index contributed by atoms with van der Waals surface area (Å²) in [4.78, 5) is 0. The molecule has 7 atom stereocenters. The number of hydrogen-bond donors (Lipinski definition) is 1. The molecule has 0 aromatic rings. The molecular weight excluding hydrogens is 340 g/mol. The molecule has 1 nitrogen and oxygen atoms in total. The maximum atomic E-state index is 10.0. The second-order valence-electron chi connectivity index (χ2n) is 12.4. The number of aliphatic hydroxyl groups is 1. The van der Waals surface area contributed by atoms with E-state index in [9.17, 15) is 5.11 Å². The molecule has 1 heteroatoms. The van der Waals surface area contributed by atoms with Crippen molar-refractivity contribution in [1.29, 1.82) is 0 Å². The molecule has 4 aliphatic rings. The quantitative estimate of drug-likeness (QED) is 0.382. The minimum Gasteiger partial charge on any atom is -0.390 e. The van der Waals surface area contributed by atoms with Crippen molar-refractivity contribution in [3.8, 4) is 0 Å². The third-order valence-corrected chi connectivity index (χ3v) is 10.2. The van der Waals surface area contributed by atoms with E-state index in [4.69, 9.17) is 0 Å². The van der Waals surface area contributed by atoms with Crippen molar-refractivity contribution in [3.05, 3.63) is 11.6 Å². The molecule has 0 bridgehead atoms. The summed E-state index contributed by atoms with van der Waals surface area (Å²) in [7, 11) is 0. The van der Waals surface area contributed by atoms with E-state index in [1.165, 1.54) is 70.6 Å². The Morgan fingerprint density at radius 3 is 2.50 bits per heavy atom. The lowest BCUT2D eigenvalue weighted by atomic mass is 9.45. The first kappa shape index (κ1) is 21.0. The summed E-state index contributed by atoms with van der Waals surface area (Å²) in [5, 5.41) is 10.0. The first-order valence-electron chi connectivity index (χ1n) is 12.6. The third-order valence-electron chi connectivity index (χ3n) is 10.2. The zero-order chi connectivity index (χ0) is 20.2. The van der Waals surface area contributed by atoms with Crippen LogP contribution in [-0.4, -0.2) is 10.7 Å². The van der Waals surface area contributed by atoms with Gasteiger partial charge >= 0.3 is 0 Å². The maximum absolute atomic E-state index is 10.0. The van der Waals surface area contributed by atoms with Gasteiger partial charge in [-0.3, -0.25) is 0 Å². The highest BCUT2D eigenvalue weighted by atomic mass is 16.3. The predicted octanol–water partition coefficient (Wildman–Crippen LogP) is 7.53. The Hall–Kier alpha value is -0.300. The lowest BCUT2D eigenvalue weighted by molar-refractivity contribution is -0.0754. The summed E-state index contributed by atoms with van der Waals surface area (Å²) in [6.45, 7) is 11.8. The van der Waals surface area contributed by atoms with Crippen molar-refractivity contribution < 1.29 is 5.11 Å². The van der Waals surface area contributed by atoms with Gasteiger partial charge < -0.3 is 5.11 Å². The van der Waals surface area contributed by atoms with Crippen LogP contribution in [-0.2, 0) is 0 Å². The lowest BCUT2D eigenvalue weighted by Gasteiger charge is -2.60. The van der Waals surface area contributed by atoms with Gasteiger partial charge in [0.25, 0.3) is 0 Å². The zero-order valence-electron chi connectivity index (χ0n) is 19.4. The van der Waals surface area contributed by atoms with Crippen LogP contribution in [0.4, 0.5) is 0 Å². The molecule has 28 heavy (non-hydrogen) atoms. The van der Waals surface area contributed by atoms with Crippen LogP contribution in [0, 0.1) is 40.4 Å². The number of allylic oxidation sites excluding steroid dienone is 2. The summed E-state index contributed by atoms with van der Waals surface area (Å²) in [6, 6.07) is 0. The Labute approximate surface area is 174 Å². The Bertz CT molecular complexity index is 598. The number of unbranched alkanes of at least 4 members (excludes halogenated alkanes) is 1. The van der Waals surface area contributed by atoms with E-state index in [2.05, 4.69) is 26.8 Å². The van der Waals surface area contributed by atoms with Gasteiger partial charge in [0.05, 0.1) is 5.60 Å². The van der Waals surface area contributed by atoms with Crippen molar-refractivity contribution in [1.82, 2.24) is 0 Å². The van der Waals surface area contributed by atoms with Crippen LogP contribution in [0.25, 0.3) is 0 Å². The summed E-state index contributed by atoms with van der Waals surface area (Å²) in [5.74, 6) is 4.56. The van der Waals surface area contributed by atoms with Gasteiger partial charge in [-0.15, -0.1) is 0 Å². The first-order chi connectivity index (χ1) is 13.2. The topological polar surface area (TPSA) is 20.2 Å². The van der Waals surface area contributed by atoms with Gasteiger partial charge in [-0.2, -0.15) is 0 Å². The van der Waals surface area contributed by atoms with Gasteiger partial charge in [0, 0.05) is 0 Å². The molecule has 0 spiro atoms. The van der Waals surface area contributed by atoms with Crippen molar-refractivity contribution in [3.63, 3.8) is 0 Å². The highest BCUT2D eigenvalue weighted by molar-refractivity contribution is 5.24. The number of fused-ring (bicyclic) bond motifs is 5. The van der Waals surface area contributed by atoms with Gasteiger partial charge in [-0.25, -0.2) is 0 Å². The largest absolute Gasteiger partial charge is 0.390 e. The molecule has 0 saturated heterocycles. The molecule has 3 fully saturated rings. The zero-order valence-corrected chi connectivity index (χ0v) is 19.4. The fourth-order valence-electron chi connectivity index (χ4n) is 8.49. The highest BCUT2D eigenvalue weighted by Crippen LogP contribution is 2.68. The molecule has 7 unspecified atom stereocenters. The Morgan fingerprint density at radius 1 is 1.00 bits per heavy atom. The Kier molecular flexibility index (Phi) is 5.56. The molecule has 0 heterocycles. The maximum Gasteiger partial charge on any atom is 0.0591 e. The standard InChI is InChI=1S/C27H46O/c1-19-9-8-11-22-21(19)13-15-24-23-14-12-20(10-6-7-16-25(2,3)28)26(23,4)17-18-27(22,24)5/h13,19-20,22-24,28H,6-12,14-18H2,1-5H3. The van der Waals surface area contributed by atoms with Crippen LogP contribution < -0.4 is 0 Å². The predicted molar refractivity (Wildman–Crippen MR) is 119 cm³/mol.